The lowest BCUT2D eigenvalue weighted by atomic mass is 9.86. The SMILES string of the molecule is CC1=CC(C)(C)N=c2cc3c(cc21)=C(c1ccc(C(=O)O)cc1)c1cc(/C(C)=C\C(C)(C)N)c(C)cc1O3. The Bertz CT molecular complexity index is 1680. The summed E-state index contributed by atoms with van der Waals surface area (Å²) in [5, 5.41) is 11.3. The second-order valence-electron chi connectivity index (χ2n) is 11.6. The molecule has 2 heterocycles. The average molecular weight is 507 g/mol. The maximum atomic E-state index is 11.5. The van der Waals surface area contributed by atoms with Gasteiger partial charge in [-0.05, 0) is 107 Å². The topological polar surface area (TPSA) is 84.9 Å². The monoisotopic (exact) mass is 506 g/mol. The Kier molecular flexibility index (Phi) is 5.96. The van der Waals surface area contributed by atoms with Crippen molar-refractivity contribution in [2.45, 2.75) is 59.5 Å². The largest absolute Gasteiger partial charge is 0.478 e. The van der Waals surface area contributed by atoms with Crippen molar-refractivity contribution in [1.82, 2.24) is 0 Å². The number of carbonyl (C=O) groups is 1. The van der Waals surface area contributed by atoms with Crippen molar-refractivity contribution in [2.75, 3.05) is 0 Å². The number of hydrogen-bond donors (Lipinski definition) is 2. The van der Waals surface area contributed by atoms with Gasteiger partial charge in [0.25, 0.3) is 0 Å². The molecule has 0 spiro atoms. The van der Waals surface area contributed by atoms with Gasteiger partial charge in [0.2, 0.25) is 0 Å². The van der Waals surface area contributed by atoms with Crippen molar-refractivity contribution >= 4 is 22.7 Å². The van der Waals surface area contributed by atoms with Crippen molar-refractivity contribution < 1.29 is 14.6 Å². The molecule has 5 nitrogen and oxygen atoms in total. The minimum absolute atomic E-state index is 0.251. The highest BCUT2D eigenvalue weighted by Gasteiger charge is 2.26. The van der Waals surface area contributed by atoms with Crippen molar-refractivity contribution in [1.29, 1.82) is 0 Å². The van der Waals surface area contributed by atoms with Crippen LogP contribution in [0.2, 0.25) is 0 Å². The van der Waals surface area contributed by atoms with Crippen LogP contribution in [-0.4, -0.2) is 22.2 Å². The van der Waals surface area contributed by atoms with Gasteiger partial charge in [0.1, 0.15) is 11.5 Å². The van der Waals surface area contributed by atoms with E-state index in [4.69, 9.17) is 15.5 Å². The van der Waals surface area contributed by atoms with Gasteiger partial charge in [-0.1, -0.05) is 24.3 Å². The van der Waals surface area contributed by atoms with E-state index in [9.17, 15) is 9.90 Å². The number of ether oxygens (including phenoxy) is 1. The first-order valence-electron chi connectivity index (χ1n) is 12.9. The van der Waals surface area contributed by atoms with Gasteiger partial charge in [0, 0.05) is 33.5 Å². The normalized spacial score (nSPS) is 15.9. The number of aryl methyl sites for hydroxylation is 1. The zero-order chi connectivity index (χ0) is 27.6. The summed E-state index contributed by atoms with van der Waals surface area (Å²) in [5.74, 6) is 0.555. The van der Waals surface area contributed by atoms with Gasteiger partial charge in [0.05, 0.1) is 16.5 Å². The highest BCUT2D eigenvalue weighted by atomic mass is 16.5. The molecule has 0 atom stereocenters. The lowest BCUT2D eigenvalue weighted by Crippen LogP contribution is -2.29. The van der Waals surface area contributed by atoms with Crippen LogP contribution in [0.3, 0.4) is 0 Å². The first kappa shape index (κ1) is 25.7. The molecule has 0 radical (unpaired) electrons. The summed E-state index contributed by atoms with van der Waals surface area (Å²) >= 11 is 0. The van der Waals surface area contributed by atoms with Crippen LogP contribution in [-0.2, 0) is 0 Å². The molecule has 0 fully saturated rings. The van der Waals surface area contributed by atoms with Crippen LogP contribution < -0.4 is 21.0 Å². The molecule has 0 aliphatic carbocycles. The van der Waals surface area contributed by atoms with Crippen LogP contribution in [0.4, 0.5) is 0 Å². The molecule has 0 aromatic heterocycles. The summed E-state index contributed by atoms with van der Waals surface area (Å²) in [5.41, 5.74) is 14.2. The summed E-state index contributed by atoms with van der Waals surface area (Å²) < 4.78 is 6.54. The molecule has 2 aliphatic rings. The third-order valence-corrected chi connectivity index (χ3v) is 7.02. The molecule has 2 aliphatic heterocycles. The van der Waals surface area contributed by atoms with Crippen LogP contribution in [0.5, 0.6) is 11.5 Å². The number of carboxylic acids is 1. The number of rotatable bonds is 4. The molecular weight excluding hydrogens is 472 g/mol. The zero-order valence-electron chi connectivity index (χ0n) is 23.1. The Hall–Kier alpha value is -3.96. The fourth-order valence-electron chi connectivity index (χ4n) is 5.58. The molecule has 0 bridgehead atoms. The molecule has 0 saturated carbocycles. The second kappa shape index (κ2) is 8.81. The minimum atomic E-state index is -0.948. The molecule has 3 N–H and O–H groups in total. The Morgan fingerprint density at radius 2 is 1.71 bits per heavy atom. The van der Waals surface area contributed by atoms with Gasteiger partial charge in [-0.15, -0.1) is 0 Å². The molecule has 0 unspecified atom stereocenters. The van der Waals surface area contributed by atoms with Crippen molar-refractivity contribution in [3.05, 3.63) is 105 Å². The van der Waals surface area contributed by atoms with E-state index in [0.717, 1.165) is 61.0 Å². The van der Waals surface area contributed by atoms with Gasteiger partial charge >= 0.3 is 5.97 Å². The molecule has 0 amide bonds. The molecule has 5 heteroatoms. The summed E-state index contributed by atoms with van der Waals surface area (Å²) in [7, 11) is 0. The number of benzene rings is 3. The van der Waals surface area contributed by atoms with E-state index >= 15 is 0 Å². The third kappa shape index (κ3) is 4.70. The number of hydrogen-bond acceptors (Lipinski definition) is 4. The van der Waals surface area contributed by atoms with Gasteiger partial charge < -0.3 is 15.6 Å². The van der Waals surface area contributed by atoms with Crippen LogP contribution in [0.25, 0.3) is 16.7 Å². The average Bonchev–Trinajstić information content (AvgIpc) is 2.79. The molecule has 3 aromatic rings. The van der Waals surface area contributed by atoms with Gasteiger partial charge in [-0.3, -0.25) is 4.99 Å². The smallest absolute Gasteiger partial charge is 0.335 e. The first-order chi connectivity index (χ1) is 17.7. The van der Waals surface area contributed by atoms with Crippen molar-refractivity contribution in [2.24, 2.45) is 10.7 Å². The van der Waals surface area contributed by atoms with Gasteiger partial charge in [0.15, 0.2) is 0 Å². The van der Waals surface area contributed by atoms with Crippen LogP contribution in [0.15, 0.2) is 65.7 Å². The highest BCUT2D eigenvalue weighted by molar-refractivity contribution is 5.91. The molecule has 38 heavy (non-hydrogen) atoms. The zero-order valence-corrected chi connectivity index (χ0v) is 23.1. The summed E-state index contributed by atoms with van der Waals surface area (Å²) in [6.45, 7) is 14.4. The third-order valence-electron chi connectivity index (χ3n) is 7.02. The van der Waals surface area contributed by atoms with Gasteiger partial charge in [-0.2, -0.15) is 0 Å². The Morgan fingerprint density at radius 1 is 1.03 bits per heavy atom. The number of nitrogens with zero attached hydrogens (tertiary/aromatic N) is 1. The van der Waals surface area contributed by atoms with E-state index in [2.05, 4.69) is 65.0 Å². The van der Waals surface area contributed by atoms with E-state index < -0.39 is 11.5 Å². The summed E-state index contributed by atoms with van der Waals surface area (Å²) in [4.78, 5) is 16.5. The van der Waals surface area contributed by atoms with Crippen molar-refractivity contribution in [3.63, 3.8) is 0 Å². The van der Waals surface area contributed by atoms with E-state index in [1.165, 1.54) is 5.57 Å². The Morgan fingerprint density at radius 3 is 2.34 bits per heavy atom. The number of allylic oxidation sites excluding steroid dienone is 2. The van der Waals surface area contributed by atoms with Crippen LogP contribution in [0.1, 0.15) is 79.7 Å². The molecule has 5 rings (SSSR count). The minimum Gasteiger partial charge on any atom is -0.478 e. The van der Waals surface area contributed by atoms with Crippen LogP contribution in [0, 0.1) is 6.92 Å². The second-order valence-corrected chi connectivity index (χ2v) is 11.6. The standard InChI is InChI=1S/C33H34N2O3/c1-18-12-28-25(13-23(18)19(2)16-32(4,5)34)30(21-8-10-22(11-9-21)31(36)37)26-14-24-20(3)17-33(6,7)35-27(24)15-29(26)38-28/h8-17H,34H2,1-7H3,(H,36,37)/b19-16-. The first-order valence-corrected chi connectivity index (χ1v) is 12.9. The van der Waals surface area contributed by atoms with E-state index in [-0.39, 0.29) is 11.1 Å². The quantitative estimate of drug-likeness (QED) is 0.355. The van der Waals surface area contributed by atoms with Gasteiger partial charge in [-0.25, -0.2) is 4.79 Å². The maximum absolute atomic E-state index is 11.5. The predicted molar refractivity (Wildman–Crippen MR) is 153 cm³/mol. The lowest BCUT2D eigenvalue weighted by Gasteiger charge is -2.26. The maximum Gasteiger partial charge on any atom is 0.335 e. The van der Waals surface area contributed by atoms with Crippen LogP contribution >= 0.6 is 0 Å². The number of carboxylic acid groups (broad SMARTS) is 1. The number of fused-ring (bicyclic) bond motifs is 3. The Balaban J connectivity index is 1.85. The molecule has 0 saturated heterocycles. The van der Waals surface area contributed by atoms with E-state index in [1.54, 1.807) is 12.1 Å². The van der Waals surface area contributed by atoms with E-state index in [1.807, 2.05) is 32.0 Å². The molecular formula is C33H34N2O3. The number of aromatic carboxylic acids is 1. The lowest BCUT2D eigenvalue weighted by molar-refractivity contribution is 0.0697. The Labute approximate surface area is 223 Å². The molecule has 194 valence electrons. The number of nitrogens with two attached hydrogens (primary N) is 1. The van der Waals surface area contributed by atoms with E-state index in [0.29, 0.717) is 0 Å². The fourth-order valence-corrected chi connectivity index (χ4v) is 5.58. The predicted octanol–water partition coefficient (Wildman–Crippen LogP) is 6.00. The fraction of sp³-hybridized carbons (Fsp3) is 0.273. The summed E-state index contributed by atoms with van der Waals surface area (Å²) in [6.07, 6.45) is 4.26. The summed E-state index contributed by atoms with van der Waals surface area (Å²) in [6, 6.07) is 15.5. The highest BCUT2D eigenvalue weighted by Crippen LogP contribution is 2.40. The molecule has 3 aromatic carbocycles. The van der Waals surface area contributed by atoms with Crippen molar-refractivity contribution in [3.8, 4) is 11.5 Å².